The Morgan fingerprint density at radius 3 is 2.76 bits per heavy atom. The van der Waals surface area contributed by atoms with Gasteiger partial charge in [-0.15, -0.1) is 0 Å². The molecular weight excluding hydrogens is 278 g/mol. The van der Waals surface area contributed by atoms with Gasteiger partial charge in [-0.2, -0.15) is 0 Å². The average Bonchev–Trinajstić information content (AvgIpc) is 2.23. The summed E-state index contributed by atoms with van der Waals surface area (Å²) in [6, 6.07) is 6.27. The molecule has 94 valence electrons. The van der Waals surface area contributed by atoms with Gasteiger partial charge in [-0.3, -0.25) is 0 Å². The summed E-state index contributed by atoms with van der Waals surface area (Å²) in [6.45, 7) is 7.53. The molecule has 1 aliphatic rings. The molecule has 1 heterocycles. The molecule has 1 N–H and O–H groups in total. The quantitative estimate of drug-likeness (QED) is 0.897. The number of hydrogen-bond acceptors (Lipinski definition) is 2. The summed E-state index contributed by atoms with van der Waals surface area (Å²) < 4.78 is 7.03. The molecule has 0 bridgehead atoms. The van der Waals surface area contributed by atoms with E-state index >= 15 is 0 Å². The van der Waals surface area contributed by atoms with Crippen LogP contribution in [0.3, 0.4) is 0 Å². The van der Waals surface area contributed by atoms with Crippen LogP contribution < -0.4 is 10.1 Å². The van der Waals surface area contributed by atoms with Crippen LogP contribution in [0, 0.1) is 5.92 Å². The van der Waals surface area contributed by atoms with Gasteiger partial charge in [0.1, 0.15) is 5.75 Å². The fourth-order valence-corrected chi connectivity index (χ4v) is 2.37. The highest BCUT2D eigenvalue weighted by atomic mass is 79.9. The lowest BCUT2D eigenvalue weighted by molar-refractivity contribution is 0.236. The molecule has 0 aliphatic carbocycles. The van der Waals surface area contributed by atoms with Crippen LogP contribution in [0.1, 0.15) is 31.7 Å². The molecule has 2 nitrogen and oxygen atoms in total. The van der Waals surface area contributed by atoms with E-state index < -0.39 is 0 Å². The first-order valence-corrected chi connectivity index (χ1v) is 7.09. The van der Waals surface area contributed by atoms with Crippen LogP contribution in [0.4, 0.5) is 0 Å². The van der Waals surface area contributed by atoms with Crippen molar-refractivity contribution in [3.63, 3.8) is 0 Å². The number of benzene rings is 1. The van der Waals surface area contributed by atoms with Gasteiger partial charge < -0.3 is 10.1 Å². The second-order valence-corrected chi connectivity index (χ2v) is 5.91. The first kappa shape index (κ1) is 12.9. The zero-order chi connectivity index (χ0) is 12.3. The van der Waals surface area contributed by atoms with Gasteiger partial charge in [-0.05, 0) is 55.1 Å². The maximum absolute atomic E-state index is 5.91. The summed E-state index contributed by atoms with van der Waals surface area (Å²) >= 11 is 3.51. The molecule has 17 heavy (non-hydrogen) atoms. The second kappa shape index (κ2) is 5.87. The summed E-state index contributed by atoms with van der Waals surface area (Å²) in [4.78, 5) is 0. The minimum Gasteiger partial charge on any atom is -0.493 e. The van der Waals surface area contributed by atoms with Crippen LogP contribution in [0.2, 0.25) is 0 Å². The number of halogens is 1. The molecule has 1 fully saturated rings. The van der Waals surface area contributed by atoms with Crippen molar-refractivity contribution in [3.05, 3.63) is 28.2 Å². The van der Waals surface area contributed by atoms with Crippen LogP contribution in [0.15, 0.2) is 22.7 Å². The molecule has 1 aromatic carbocycles. The lowest BCUT2D eigenvalue weighted by atomic mass is 10.00. The van der Waals surface area contributed by atoms with Gasteiger partial charge in [0.2, 0.25) is 0 Å². The average molecular weight is 298 g/mol. The summed E-state index contributed by atoms with van der Waals surface area (Å²) in [7, 11) is 0. The maximum atomic E-state index is 5.91. The van der Waals surface area contributed by atoms with Crippen molar-refractivity contribution >= 4 is 15.9 Å². The molecule has 0 radical (unpaired) electrons. The molecule has 1 saturated heterocycles. The van der Waals surface area contributed by atoms with Crippen molar-refractivity contribution in [1.29, 1.82) is 0 Å². The highest BCUT2D eigenvalue weighted by molar-refractivity contribution is 9.10. The molecule has 0 aromatic heterocycles. The van der Waals surface area contributed by atoms with Gasteiger partial charge >= 0.3 is 0 Å². The maximum Gasteiger partial charge on any atom is 0.122 e. The van der Waals surface area contributed by atoms with E-state index in [4.69, 9.17) is 4.74 Å². The third kappa shape index (κ3) is 3.46. The number of hydrogen-bond donors (Lipinski definition) is 1. The predicted octanol–water partition coefficient (Wildman–Crippen LogP) is 3.56. The molecule has 0 spiro atoms. The zero-order valence-electron chi connectivity index (χ0n) is 10.5. The minimum atomic E-state index is 0.493. The number of ether oxygens (including phenoxy) is 1. The van der Waals surface area contributed by atoms with Crippen LogP contribution in [0.5, 0.6) is 5.75 Å². The van der Waals surface area contributed by atoms with Crippen molar-refractivity contribution in [1.82, 2.24) is 5.32 Å². The molecule has 2 rings (SSSR count). The first-order chi connectivity index (χ1) is 8.16. The Bertz CT molecular complexity index is 374. The van der Waals surface area contributed by atoms with Gasteiger partial charge in [-0.1, -0.05) is 29.8 Å². The Hall–Kier alpha value is -0.540. The SMILES string of the molecule is CC(C)c1cc(Br)ccc1OCCC1CNC1. The predicted molar refractivity (Wildman–Crippen MR) is 74.7 cm³/mol. The van der Waals surface area contributed by atoms with E-state index in [1.54, 1.807) is 0 Å². The van der Waals surface area contributed by atoms with E-state index in [0.29, 0.717) is 5.92 Å². The second-order valence-electron chi connectivity index (χ2n) is 5.00. The molecule has 1 aliphatic heterocycles. The molecule has 0 atom stereocenters. The van der Waals surface area contributed by atoms with Crippen LogP contribution in [0.25, 0.3) is 0 Å². The standard InChI is InChI=1S/C14H20BrNO/c1-10(2)13-7-12(15)3-4-14(13)17-6-5-11-8-16-9-11/h3-4,7,10-11,16H,5-6,8-9H2,1-2H3. The van der Waals surface area contributed by atoms with E-state index in [0.717, 1.165) is 42.3 Å². The first-order valence-electron chi connectivity index (χ1n) is 6.30. The summed E-state index contributed by atoms with van der Waals surface area (Å²) in [5, 5.41) is 3.29. The fraction of sp³-hybridized carbons (Fsp3) is 0.571. The Morgan fingerprint density at radius 1 is 1.41 bits per heavy atom. The number of rotatable bonds is 5. The summed E-state index contributed by atoms with van der Waals surface area (Å²) in [5.41, 5.74) is 1.28. The molecule has 3 heteroatoms. The monoisotopic (exact) mass is 297 g/mol. The van der Waals surface area contributed by atoms with Gasteiger partial charge in [-0.25, -0.2) is 0 Å². The fourth-order valence-electron chi connectivity index (χ4n) is 1.99. The van der Waals surface area contributed by atoms with Crippen molar-refractivity contribution in [2.45, 2.75) is 26.2 Å². The topological polar surface area (TPSA) is 21.3 Å². The molecule has 0 unspecified atom stereocenters. The third-order valence-corrected chi connectivity index (χ3v) is 3.74. The lowest BCUT2D eigenvalue weighted by Crippen LogP contribution is -2.42. The lowest BCUT2D eigenvalue weighted by Gasteiger charge is -2.27. The Labute approximate surface area is 112 Å². The molecule has 0 saturated carbocycles. The van der Waals surface area contributed by atoms with Gasteiger partial charge in [0.15, 0.2) is 0 Å². The van der Waals surface area contributed by atoms with E-state index in [2.05, 4.69) is 47.2 Å². The third-order valence-electron chi connectivity index (χ3n) is 3.24. The van der Waals surface area contributed by atoms with Gasteiger partial charge in [0, 0.05) is 4.47 Å². The Kier molecular flexibility index (Phi) is 4.46. The summed E-state index contributed by atoms with van der Waals surface area (Å²) in [6.07, 6.45) is 1.15. The highest BCUT2D eigenvalue weighted by Crippen LogP contribution is 2.29. The Balaban J connectivity index is 1.93. The minimum absolute atomic E-state index is 0.493. The van der Waals surface area contributed by atoms with Crippen molar-refractivity contribution in [2.75, 3.05) is 19.7 Å². The zero-order valence-corrected chi connectivity index (χ0v) is 12.1. The van der Waals surface area contributed by atoms with Crippen molar-refractivity contribution < 1.29 is 4.74 Å². The summed E-state index contributed by atoms with van der Waals surface area (Å²) in [5.74, 6) is 2.34. The molecule has 0 amide bonds. The van der Waals surface area contributed by atoms with E-state index in [1.165, 1.54) is 5.56 Å². The van der Waals surface area contributed by atoms with Crippen LogP contribution in [-0.4, -0.2) is 19.7 Å². The number of nitrogens with one attached hydrogen (secondary N) is 1. The normalized spacial score (nSPS) is 16.0. The van der Waals surface area contributed by atoms with Gasteiger partial charge in [0.05, 0.1) is 6.61 Å². The van der Waals surface area contributed by atoms with Crippen LogP contribution >= 0.6 is 15.9 Å². The van der Waals surface area contributed by atoms with E-state index in [1.807, 2.05) is 6.07 Å². The largest absolute Gasteiger partial charge is 0.493 e. The smallest absolute Gasteiger partial charge is 0.122 e. The molecule has 1 aromatic rings. The van der Waals surface area contributed by atoms with Crippen LogP contribution in [-0.2, 0) is 0 Å². The molecular formula is C14H20BrNO. The van der Waals surface area contributed by atoms with Crippen molar-refractivity contribution in [3.8, 4) is 5.75 Å². The van der Waals surface area contributed by atoms with E-state index in [-0.39, 0.29) is 0 Å². The Morgan fingerprint density at radius 2 is 2.18 bits per heavy atom. The highest BCUT2D eigenvalue weighted by Gasteiger charge is 2.16. The van der Waals surface area contributed by atoms with Crippen molar-refractivity contribution in [2.24, 2.45) is 5.92 Å². The van der Waals surface area contributed by atoms with Gasteiger partial charge in [0.25, 0.3) is 0 Å². The van der Waals surface area contributed by atoms with E-state index in [9.17, 15) is 0 Å².